The highest BCUT2D eigenvalue weighted by Crippen LogP contribution is 2.04. The molecular weight excluding hydrogens is 228 g/mol. The van der Waals surface area contributed by atoms with Crippen molar-refractivity contribution in [3.63, 3.8) is 0 Å². The molecule has 2 heterocycles. The molecule has 0 amide bonds. The summed E-state index contributed by atoms with van der Waals surface area (Å²) in [7, 11) is 0. The Bertz CT molecular complexity index is 507. The normalized spacial score (nSPS) is 13.1. The third-order valence-corrected chi connectivity index (χ3v) is 2.79. The molecule has 5 nitrogen and oxygen atoms in total. The number of hydrogen-bond acceptors (Lipinski definition) is 4. The van der Waals surface area contributed by atoms with Crippen molar-refractivity contribution in [2.24, 2.45) is 0 Å². The van der Waals surface area contributed by atoms with E-state index < -0.39 is 0 Å². The van der Waals surface area contributed by atoms with Crippen molar-refractivity contribution in [2.75, 3.05) is 6.54 Å². The quantitative estimate of drug-likeness (QED) is 0.756. The van der Waals surface area contributed by atoms with Gasteiger partial charge in [-0.1, -0.05) is 0 Å². The molecule has 0 aliphatic rings. The van der Waals surface area contributed by atoms with Crippen LogP contribution in [0.5, 0.6) is 0 Å². The molecule has 0 aliphatic carbocycles. The second-order valence-corrected chi connectivity index (χ2v) is 4.72. The van der Waals surface area contributed by atoms with E-state index >= 15 is 0 Å². The highest BCUT2D eigenvalue weighted by atomic mass is 16.3. The van der Waals surface area contributed by atoms with Crippen molar-refractivity contribution in [3.8, 4) is 0 Å². The van der Waals surface area contributed by atoms with Gasteiger partial charge in [-0.3, -0.25) is 0 Å². The minimum Gasteiger partial charge on any atom is -0.393 e. The summed E-state index contributed by atoms with van der Waals surface area (Å²) in [6.45, 7) is 5.46. The number of hydrogen-bond donors (Lipinski definition) is 2. The number of nitrogens with one attached hydrogen (secondary N) is 1. The van der Waals surface area contributed by atoms with Gasteiger partial charge < -0.3 is 10.4 Å². The number of aliphatic hydroxyl groups excluding tert-OH is 1. The predicted molar refractivity (Wildman–Crippen MR) is 70.3 cm³/mol. The first kappa shape index (κ1) is 13.0. The van der Waals surface area contributed by atoms with E-state index in [0.717, 1.165) is 42.8 Å². The van der Waals surface area contributed by atoms with E-state index in [0.29, 0.717) is 0 Å². The molecule has 2 aromatic rings. The van der Waals surface area contributed by atoms with Crippen molar-refractivity contribution in [2.45, 2.75) is 39.3 Å². The van der Waals surface area contributed by atoms with Crippen molar-refractivity contribution >= 4 is 5.65 Å². The van der Waals surface area contributed by atoms with Gasteiger partial charge >= 0.3 is 0 Å². The fourth-order valence-electron chi connectivity index (χ4n) is 1.88. The van der Waals surface area contributed by atoms with Crippen LogP contribution in [0.3, 0.4) is 0 Å². The van der Waals surface area contributed by atoms with Crippen molar-refractivity contribution < 1.29 is 5.11 Å². The molecule has 0 aliphatic heterocycles. The first-order valence-corrected chi connectivity index (χ1v) is 6.35. The first-order chi connectivity index (χ1) is 8.65. The van der Waals surface area contributed by atoms with Gasteiger partial charge in [-0.2, -0.15) is 5.10 Å². The molecule has 2 rings (SSSR count). The largest absolute Gasteiger partial charge is 0.393 e. The Balaban J connectivity index is 1.84. The zero-order chi connectivity index (χ0) is 13.0. The zero-order valence-corrected chi connectivity index (χ0v) is 10.9. The van der Waals surface area contributed by atoms with E-state index in [-0.39, 0.29) is 6.10 Å². The summed E-state index contributed by atoms with van der Waals surface area (Å²) in [4.78, 5) is 4.35. The topological polar surface area (TPSA) is 62.5 Å². The Morgan fingerprint density at radius 2 is 2.33 bits per heavy atom. The van der Waals surface area contributed by atoms with Gasteiger partial charge in [0.25, 0.3) is 0 Å². The molecule has 0 saturated carbocycles. The van der Waals surface area contributed by atoms with Gasteiger partial charge in [0.1, 0.15) is 0 Å². The van der Waals surface area contributed by atoms with Gasteiger partial charge in [0.15, 0.2) is 5.65 Å². The minimum absolute atomic E-state index is 0.211. The van der Waals surface area contributed by atoms with Crippen molar-refractivity contribution in [3.05, 3.63) is 29.7 Å². The van der Waals surface area contributed by atoms with Crippen LogP contribution in [0.25, 0.3) is 5.65 Å². The number of aryl methyl sites for hydroxylation is 1. The van der Waals surface area contributed by atoms with Crippen LogP contribution in [0.1, 0.15) is 31.0 Å². The van der Waals surface area contributed by atoms with Crippen LogP contribution in [-0.4, -0.2) is 32.4 Å². The van der Waals surface area contributed by atoms with Gasteiger partial charge in [-0.05, 0) is 33.2 Å². The fraction of sp³-hybridized carbons (Fsp3) is 0.538. The number of fused-ring (bicyclic) bond motifs is 1. The molecule has 2 N–H and O–H groups in total. The lowest BCUT2D eigenvalue weighted by Gasteiger charge is -2.06. The van der Waals surface area contributed by atoms with Gasteiger partial charge in [0, 0.05) is 30.6 Å². The van der Waals surface area contributed by atoms with Crippen molar-refractivity contribution in [1.29, 1.82) is 0 Å². The number of aromatic nitrogens is 3. The van der Waals surface area contributed by atoms with E-state index in [2.05, 4.69) is 15.4 Å². The van der Waals surface area contributed by atoms with Crippen LogP contribution in [0, 0.1) is 6.92 Å². The maximum atomic E-state index is 9.14. The van der Waals surface area contributed by atoms with Crippen LogP contribution in [0.15, 0.2) is 18.5 Å². The molecule has 98 valence electrons. The van der Waals surface area contributed by atoms with Crippen LogP contribution in [-0.2, 0) is 6.54 Å². The molecule has 2 aromatic heterocycles. The van der Waals surface area contributed by atoms with E-state index in [1.807, 2.05) is 36.8 Å². The van der Waals surface area contributed by atoms with Gasteiger partial charge in [0.05, 0.1) is 11.8 Å². The molecule has 0 aromatic carbocycles. The van der Waals surface area contributed by atoms with E-state index in [1.54, 1.807) is 0 Å². The van der Waals surface area contributed by atoms with E-state index in [4.69, 9.17) is 5.11 Å². The summed E-state index contributed by atoms with van der Waals surface area (Å²) in [5.41, 5.74) is 2.97. The Hall–Kier alpha value is -1.46. The first-order valence-electron chi connectivity index (χ1n) is 6.35. The average molecular weight is 248 g/mol. The smallest absolute Gasteiger partial charge is 0.155 e. The van der Waals surface area contributed by atoms with Gasteiger partial charge in [-0.25, -0.2) is 9.50 Å². The van der Waals surface area contributed by atoms with Crippen LogP contribution >= 0.6 is 0 Å². The SMILES string of the molecule is Cc1cc2ncc(CNCCCC(C)O)cn2n1. The Morgan fingerprint density at radius 1 is 1.50 bits per heavy atom. The van der Waals surface area contributed by atoms with Gasteiger partial charge in [-0.15, -0.1) is 0 Å². The zero-order valence-electron chi connectivity index (χ0n) is 10.9. The van der Waals surface area contributed by atoms with Crippen LogP contribution in [0.2, 0.25) is 0 Å². The second kappa shape index (κ2) is 5.93. The number of nitrogens with zero attached hydrogens (tertiary/aromatic N) is 3. The summed E-state index contributed by atoms with van der Waals surface area (Å²) in [5.74, 6) is 0. The molecule has 1 unspecified atom stereocenters. The van der Waals surface area contributed by atoms with E-state index in [9.17, 15) is 0 Å². The van der Waals surface area contributed by atoms with Gasteiger partial charge in [0.2, 0.25) is 0 Å². The summed E-state index contributed by atoms with van der Waals surface area (Å²) in [5, 5.41) is 16.8. The number of aliphatic hydroxyl groups is 1. The Morgan fingerprint density at radius 3 is 3.11 bits per heavy atom. The number of rotatable bonds is 6. The van der Waals surface area contributed by atoms with Crippen molar-refractivity contribution in [1.82, 2.24) is 19.9 Å². The lowest BCUT2D eigenvalue weighted by Crippen LogP contribution is -2.16. The summed E-state index contributed by atoms with van der Waals surface area (Å²) in [6, 6.07) is 1.96. The highest BCUT2D eigenvalue weighted by Gasteiger charge is 2.01. The Labute approximate surface area is 107 Å². The molecule has 0 bridgehead atoms. The third kappa shape index (κ3) is 3.51. The summed E-state index contributed by atoms with van der Waals surface area (Å²) < 4.78 is 1.81. The molecule has 0 radical (unpaired) electrons. The molecule has 0 spiro atoms. The maximum absolute atomic E-state index is 9.14. The molecular formula is C13H20N4O. The molecule has 1 atom stereocenters. The maximum Gasteiger partial charge on any atom is 0.155 e. The standard InChI is InChI=1S/C13H20N4O/c1-10-6-13-15-8-12(9-17(13)16-10)7-14-5-3-4-11(2)18/h6,8-9,11,14,18H,3-5,7H2,1-2H3. The predicted octanol–water partition coefficient (Wildman–Crippen LogP) is 1.29. The monoisotopic (exact) mass is 248 g/mol. The third-order valence-electron chi connectivity index (χ3n) is 2.79. The second-order valence-electron chi connectivity index (χ2n) is 4.72. The summed E-state index contributed by atoms with van der Waals surface area (Å²) >= 11 is 0. The van der Waals surface area contributed by atoms with E-state index in [1.165, 1.54) is 0 Å². The summed E-state index contributed by atoms with van der Waals surface area (Å²) in [6.07, 6.45) is 5.48. The average Bonchev–Trinajstić information content (AvgIpc) is 2.67. The molecule has 0 fully saturated rings. The van der Waals surface area contributed by atoms with Crippen LogP contribution in [0.4, 0.5) is 0 Å². The lowest BCUT2D eigenvalue weighted by molar-refractivity contribution is 0.181. The minimum atomic E-state index is -0.211. The molecule has 18 heavy (non-hydrogen) atoms. The lowest BCUT2D eigenvalue weighted by atomic mass is 10.2. The Kier molecular flexibility index (Phi) is 4.28. The van der Waals surface area contributed by atoms with Crippen LogP contribution < -0.4 is 5.32 Å². The highest BCUT2D eigenvalue weighted by molar-refractivity contribution is 5.38. The molecule has 0 saturated heterocycles. The fourth-order valence-corrected chi connectivity index (χ4v) is 1.88. The molecule has 5 heteroatoms.